The van der Waals surface area contributed by atoms with E-state index in [0.29, 0.717) is 13.0 Å². The molecule has 114 valence electrons. The van der Waals surface area contributed by atoms with Crippen molar-refractivity contribution in [2.45, 2.75) is 46.1 Å². The van der Waals surface area contributed by atoms with Gasteiger partial charge in [-0.15, -0.1) is 12.4 Å². The highest BCUT2D eigenvalue weighted by atomic mass is 35.5. The molecule has 0 aromatic heterocycles. The molecule has 0 saturated carbocycles. The Morgan fingerprint density at radius 3 is 2.45 bits per heavy atom. The van der Waals surface area contributed by atoms with E-state index in [1.165, 1.54) is 5.56 Å². The lowest BCUT2D eigenvalue weighted by Gasteiger charge is -2.25. The molecule has 0 aliphatic carbocycles. The number of halogens is 1. The maximum atomic E-state index is 11.7. The Kier molecular flexibility index (Phi) is 8.51. The molecule has 0 fully saturated rings. The van der Waals surface area contributed by atoms with Crippen LogP contribution in [0.2, 0.25) is 0 Å². The van der Waals surface area contributed by atoms with Crippen molar-refractivity contribution >= 4 is 18.3 Å². The van der Waals surface area contributed by atoms with Crippen LogP contribution in [0.25, 0.3) is 0 Å². The lowest BCUT2D eigenvalue weighted by Crippen LogP contribution is -2.35. The van der Waals surface area contributed by atoms with Crippen molar-refractivity contribution in [2.75, 3.05) is 6.54 Å². The number of carbonyl (C=O) groups excluding carboxylic acids is 1. The number of rotatable bonds is 7. The fraction of sp³-hybridized carbons (Fsp3) is 0.562. The van der Waals surface area contributed by atoms with Gasteiger partial charge in [-0.25, -0.2) is 0 Å². The van der Waals surface area contributed by atoms with Crippen molar-refractivity contribution in [2.24, 2.45) is 11.1 Å². The molecule has 1 unspecified atom stereocenters. The van der Waals surface area contributed by atoms with E-state index in [1.807, 2.05) is 25.1 Å². The molecule has 0 bridgehead atoms. The number of hydrogen-bond donors (Lipinski definition) is 2. The Balaban J connectivity index is 0.00000361. The third-order valence-electron chi connectivity index (χ3n) is 3.12. The molecule has 1 rings (SSSR count). The average Bonchev–Trinajstić information content (AvgIpc) is 2.34. The standard InChI is InChI=1S/C16H26N2O.ClH/c1-13(17)9-10-15(19)18-12-16(2,3)11-14-7-5-4-6-8-14;/h4-8,13H,9-12,17H2,1-3H3,(H,18,19);1H. The number of hydrogen-bond acceptors (Lipinski definition) is 2. The predicted molar refractivity (Wildman–Crippen MR) is 87.1 cm³/mol. The number of benzene rings is 1. The topological polar surface area (TPSA) is 55.1 Å². The Morgan fingerprint density at radius 1 is 1.30 bits per heavy atom. The highest BCUT2D eigenvalue weighted by molar-refractivity contribution is 5.85. The summed E-state index contributed by atoms with van der Waals surface area (Å²) in [5, 5.41) is 3.00. The summed E-state index contributed by atoms with van der Waals surface area (Å²) in [4.78, 5) is 11.7. The maximum absolute atomic E-state index is 11.7. The number of carbonyl (C=O) groups is 1. The normalized spacial score (nSPS) is 12.4. The van der Waals surface area contributed by atoms with Crippen molar-refractivity contribution < 1.29 is 4.79 Å². The molecular formula is C16H27ClN2O. The highest BCUT2D eigenvalue weighted by Crippen LogP contribution is 2.20. The quantitative estimate of drug-likeness (QED) is 0.813. The molecule has 20 heavy (non-hydrogen) atoms. The Labute approximate surface area is 128 Å². The first kappa shape index (κ1) is 18.9. The second kappa shape index (κ2) is 8.98. The SMILES string of the molecule is CC(N)CCC(=O)NCC(C)(C)Cc1ccccc1.Cl. The van der Waals surface area contributed by atoms with Crippen LogP contribution in [0.4, 0.5) is 0 Å². The minimum atomic E-state index is 0. The molecule has 1 aromatic rings. The summed E-state index contributed by atoms with van der Waals surface area (Å²) in [5.41, 5.74) is 7.01. The van der Waals surface area contributed by atoms with Gasteiger partial charge in [-0.05, 0) is 30.7 Å². The third kappa shape index (κ3) is 8.18. The minimum absolute atomic E-state index is 0. The maximum Gasteiger partial charge on any atom is 0.220 e. The van der Waals surface area contributed by atoms with Gasteiger partial charge in [-0.2, -0.15) is 0 Å². The van der Waals surface area contributed by atoms with Crippen molar-refractivity contribution in [3.05, 3.63) is 35.9 Å². The zero-order chi connectivity index (χ0) is 14.3. The fourth-order valence-electron chi connectivity index (χ4n) is 2.00. The summed E-state index contributed by atoms with van der Waals surface area (Å²) in [6, 6.07) is 10.5. The smallest absolute Gasteiger partial charge is 0.220 e. The van der Waals surface area contributed by atoms with E-state index in [2.05, 4.69) is 31.3 Å². The molecule has 1 aromatic carbocycles. The Bertz CT molecular complexity index is 391. The molecule has 0 radical (unpaired) electrons. The van der Waals surface area contributed by atoms with Crippen LogP contribution >= 0.6 is 12.4 Å². The van der Waals surface area contributed by atoms with E-state index in [9.17, 15) is 4.79 Å². The average molecular weight is 299 g/mol. The van der Waals surface area contributed by atoms with Gasteiger partial charge in [0, 0.05) is 19.0 Å². The minimum Gasteiger partial charge on any atom is -0.356 e. The molecule has 3 nitrogen and oxygen atoms in total. The molecule has 1 atom stereocenters. The van der Waals surface area contributed by atoms with Gasteiger partial charge in [-0.1, -0.05) is 44.2 Å². The van der Waals surface area contributed by atoms with Crippen LogP contribution in [0.5, 0.6) is 0 Å². The predicted octanol–water partition coefficient (Wildman–Crippen LogP) is 2.92. The van der Waals surface area contributed by atoms with Crippen molar-refractivity contribution in [1.82, 2.24) is 5.32 Å². The number of nitrogens with two attached hydrogens (primary N) is 1. The summed E-state index contributed by atoms with van der Waals surface area (Å²) < 4.78 is 0. The lowest BCUT2D eigenvalue weighted by molar-refractivity contribution is -0.121. The number of amides is 1. The summed E-state index contributed by atoms with van der Waals surface area (Å²) in [6.45, 7) is 6.96. The lowest BCUT2D eigenvalue weighted by atomic mass is 9.85. The largest absolute Gasteiger partial charge is 0.356 e. The summed E-state index contributed by atoms with van der Waals surface area (Å²) in [7, 11) is 0. The van der Waals surface area contributed by atoms with Gasteiger partial charge in [-0.3, -0.25) is 4.79 Å². The van der Waals surface area contributed by atoms with Crippen LogP contribution in [0.15, 0.2) is 30.3 Å². The molecule has 0 saturated heterocycles. The molecule has 4 heteroatoms. The van der Waals surface area contributed by atoms with E-state index in [0.717, 1.165) is 12.8 Å². The highest BCUT2D eigenvalue weighted by Gasteiger charge is 2.19. The van der Waals surface area contributed by atoms with Crippen LogP contribution in [-0.4, -0.2) is 18.5 Å². The molecule has 0 aliphatic rings. The van der Waals surface area contributed by atoms with Gasteiger partial charge < -0.3 is 11.1 Å². The van der Waals surface area contributed by atoms with Gasteiger partial charge in [0.15, 0.2) is 0 Å². The van der Waals surface area contributed by atoms with Crippen LogP contribution < -0.4 is 11.1 Å². The van der Waals surface area contributed by atoms with Crippen molar-refractivity contribution in [1.29, 1.82) is 0 Å². The van der Waals surface area contributed by atoms with Crippen LogP contribution in [0.3, 0.4) is 0 Å². The Morgan fingerprint density at radius 2 is 1.90 bits per heavy atom. The molecule has 0 heterocycles. The zero-order valence-corrected chi connectivity index (χ0v) is 13.5. The van der Waals surface area contributed by atoms with Crippen LogP contribution in [-0.2, 0) is 11.2 Å². The first-order valence-electron chi connectivity index (χ1n) is 6.95. The number of nitrogens with one attached hydrogen (secondary N) is 1. The van der Waals surface area contributed by atoms with Gasteiger partial charge in [0.1, 0.15) is 0 Å². The second-order valence-corrected chi connectivity index (χ2v) is 6.12. The van der Waals surface area contributed by atoms with Crippen molar-refractivity contribution in [3.63, 3.8) is 0 Å². The molecule has 0 aliphatic heterocycles. The fourth-order valence-corrected chi connectivity index (χ4v) is 2.00. The van der Waals surface area contributed by atoms with Gasteiger partial charge in [0.2, 0.25) is 5.91 Å². The third-order valence-corrected chi connectivity index (χ3v) is 3.12. The van der Waals surface area contributed by atoms with E-state index >= 15 is 0 Å². The first-order chi connectivity index (χ1) is 8.89. The summed E-state index contributed by atoms with van der Waals surface area (Å²) in [5.74, 6) is 0.0958. The van der Waals surface area contributed by atoms with E-state index in [1.54, 1.807) is 0 Å². The van der Waals surface area contributed by atoms with Gasteiger partial charge in [0.25, 0.3) is 0 Å². The molecule has 1 amide bonds. The zero-order valence-electron chi connectivity index (χ0n) is 12.7. The van der Waals surface area contributed by atoms with Gasteiger partial charge >= 0.3 is 0 Å². The molecular weight excluding hydrogens is 272 g/mol. The van der Waals surface area contributed by atoms with Crippen LogP contribution in [0, 0.1) is 5.41 Å². The van der Waals surface area contributed by atoms with E-state index in [-0.39, 0.29) is 29.8 Å². The second-order valence-electron chi connectivity index (χ2n) is 6.12. The van der Waals surface area contributed by atoms with Crippen molar-refractivity contribution in [3.8, 4) is 0 Å². The monoisotopic (exact) mass is 298 g/mol. The molecule has 3 N–H and O–H groups in total. The van der Waals surface area contributed by atoms with E-state index in [4.69, 9.17) is 5.73 Å². The summed E-state index contributed by atoms with van der Waals surface area (Å²) >= 11 is 0. The van der Waals surface area contributed by atoms with Crippen LogP contribution in [0.1, 0.15) is 39.2 Å². The van der Waals surface area contributed by atoms with Gasteiger partial charge in [0.05, 0.1) is 0 Å². The van der Waals surface area contributed by atoms with E-state index < -0.39 is 0 Å². The Hall–Kier alpha value is -1.06. The molecule has 0 spiro atoms. The first-order valence-corrected chi connectivity index (χ1v) is 6.95. The summed E-state index contributed by atoms with van der Waals surface area (Å²) in [6.07, 6.45) is 2.21.